The van der Waals surface area contributed by atoms with Gasteiger partial charge in [0, 0.05) is 17.7 Å². The molecule has 9 heteroatoms. The molecule has 3 aromatic carbocycles. The van der Waals surface area contributed by atoms with Crippen LogP contribution in [0, 0.1) is 12.7 Å². The van der Waals surface area contributed by atoms with Crippen LogP contribution in [0.3, 0.4) is 0 Å². The van der Waals surface area contributed by atoms with E-state index in [-0.39, 0.29) is 23.3 Å². The fourth-order valence-corrected chi connectivity index (χ4v) is 6.52. The van der Waals surface area contributed by atoms with Gasteiger partial charge in [0.1, 0.15) is 11.6 Å². The Morgan fingerprint density at radius 1 is 1.05 bits per heavy atom. The van der Waals surface area contributed by atoms with Crippen LogP contribution in [0.25, 0.3) is 11.1 Å². The lowest BCUT2D eigenvalue weighted by Gasteiger charge is -2.25. The van der Waals surface area contributed by atoms with E-state index in [2.05, 4.69) is 0 Å². The van der Waals surface area contributed by atoms with Crippen LogP contribution < -0.4 is 11.3 Å². The van der Waals surface area contributed by atoms with Gasteiger partial charge >= 0.3 is 6.18 Å². The van der Waals surface area contributed by atoms with Crippen LogP contribution in [-0.2, 0) is 12.6 Å². The summed E-state index contributed by atoms with van der Waals surface area (Å²) < 4.78 is 58.0. The monoisotopic (exact) mass is 540 g/mol. The molecule has 0 saturated carbocycles. The topological polar surface area (TPSA) is 68.2 Å². The Labute approximate surface area is 220 Å². The summed E-state index contributed by atoms with van der Waals surface area (Å²) in [7, 11) is 0. The molecule has 0 bridgehead atoms. The lowest BCUT2D eigenvalue weighted by atomic mass is 9.92. The van der Waals surface area contributed by atoms with E-state index >= 15 is 0 Å². The number of halogens is 4. The summed E-state index contributed by atoms with van der Waals surface area (Å²) in [5.74, 6) is -0.609. The number of nitrogens with two attached hydrogens (primary N) is 1. The Balaban J connectivity index is 1.76. The second-order valence-electron chi connectivity index (χ2n) is 9.26. The summed E-state index contributed by atoms with van der Waals surface area (Å²) >= 11 is 1.33. The minimum Gasteiger partial charge on any atom is -0.508 e. The van der Waals surface area contributed by atoms with Gasteiger partial charge < -0.3 is 10.8 Å². The summed E-state index contributed by atoms with van der Waals surface area (Å²) in [5, 5.41) is 10.6. The lowest BCUT2D eigenvalue weighted by molar-refractivity contribution is -0.138. The zero-order valence-corrected chi connectivity index (χ0v) is 21.1. The van der Waals surface area contributed by atoms with Crippen LogP contribution in [0.4, 0.5) is 17.6 Å². The van der Waals surface area contributed by atoms with Gasteiger partial charge in [0.2, 0.25) is 0 Å². The Morgan fingerprint density at radius 2 is 1.76 bits per heavy atom. The van der Waals surface area contributed by atoms with Crippen molar-refractivity contribution in [1.29, 1.82) is 0 Å². The maximum absolute atomic E-state index is 14.9. The molecule has 5 rings (SSSR count). The van der Waals surface area contributed by atoms with Gasteiger partial charge in [-0.1, -0.05) is 48.5 Å². The molecule has 1 unspecified atom stereocenters. The number of phenols is 1. The highest BCUT2D eigenvalue weighted by Crippen LogP contribution is 2.44. The molecule has 196 valence electrons. The van der Waals surface area contributed by atoms with Gasteiger partial charge in [0.15, 0.2) is 0 Å². The fraction of sp³-hybridized carbons (Fsp3) is 0.207. The van der Waals surface area contributed by atoms with E-state index in [4.69, 9.17) is 5.73 Å². The summed E-state index contributed by atoms with van der Waals surface area (Å²) in [4.78, 5) is 14.0. The summed E-state index contributed by atoms with van der Waals surface area (Å²) in [6.45, 7) is 1.65. The minimum absolute atomic E-state index is 0.0614. The van der Waals surface area contributed by atoms with Gasteiger partial charge in [-0.15, -0.1) is 11.8 Å². The summed E-state index contributed by atoms with van der Waals surface area (Å²) in [6.07, 6.45) is -5.12. The third-order valence-corrected chi connectivity index (χ3v) is 8.20. The Bertz CT molecular complexity index is 1570. The van der Waals surface area contributed by atoms with Crippen molar-refractivity contribution in [2.45, 2.75) is 36.6 Å². The van der Waals surface area contributed by atoms with Crippen molar-refractivity contribution in [3.8, 4) is 16.9 Å². The third-order valence-electron chi connectivity index (χ3n) is 6.97. The highest BCUT2D eigenvalue weighted by Gasteiger charge is 2.37. The molecule has 2 heterocycles. The molecule has 0 amide bonds. The van der Waals surface area contributed by atoms with Gasteiger partial charge in [0.05, 0.1) is 28.2 Å². The van der Waals surface area contributed by atoms with Crippen LogP contribution in [0.5, 0.6) is 5.75 Å². The molecule has 1 aliphatic heterocycles. The van der Waals surface area contributed by atoms with Gasteiger partial charge in [-0.05, 0) is 53.4 Å². The number of pyridine rings is 1. The number of benzene rings is 3. The summed E-state index contributed by atoms with van der Waals surface area (Å²) in [6, 6.07) is 17.3. The molecule has 0 saturated heterocycles. The highest BCUT2D eigenvalue weighted by atomic mass is 32.2. The Morgan fingerprint density at radius 3 is 2.45 bits per heavy atom. The van der Waals surface area contributed by atoms with Crippen LogP contribution in [0.2, 0.25) is 0 Å². The zero-order valence-electron chi connectivity index (χ0n) is 20.3. The average Bonchev–Trinajstić information content (AvgIpc) is 3.32. The van der Waals surface area contributed by atoms with Gasteiger partial charge in [-0.2, -0.15) is 13.2 Å². The molecule has 38 heavy (non-hydrogen) atoms. The van der Waals surface area contributed by atoms with E-state index in [1.165, 1.54) is 28.5 Å². The number of aromatic hydroxyl groups is 1. The fourth-order valence-electron chi connectivity index (χ4n) is 5.08. The molecule has 0 fully saturated rings. The predicted molar refractivity (Wildman–Crippen MR) is 140 cm³/mol. The number of hydrogen-bond donors (Lipinski definition) is 2. The van der Waals surface area contributed by atoms with Crippen LogP contribution in [-0.4, -0.2) is 15.4 Å². The van der Waals surface area contributed by atoms with Crippen LogP contribution in [0.15, 0.2) is 82.6 Å². The van der Waals surface area contributed by atoms with E-state index in [9.17, 15) is 27.5 Å². The van der Waals surface area contributed by atoms with E-state index in [0.717, 1.165) is 23.8 Å². The number of hydrogen-bond acceptors (Lipinski definition) is 4. The van der Waals surface area contributed by atoms with Crippen LogP contribution in [0.1, 0.15) is 39.9 Å². The van der Waals surface area contributed by atoms with E-state index in [1.807, 2.05) is 30.3 Å². The zero-order chi connectivity index (χ0) is 27.2. The summed E-state index contributed by atoms with van der Waals surface area (Å²) in [5.41, 5.74) is 7.04. The quantitative estimate of drug-likeness (QED) is 0.279. The maximum Gasteiger partial charge on any atom is 0.416 e. The molecular formula is C29H24F4N2O2S. The molecule has 4 aromatic rings. The van der Waals surface area contributed by atoms with Crippen molar-refractivity contribution in [1.82, 2.24) is 4.57 Å². The van der Waals surface area contributed by atoms with Crippen LogP contribution >= 0.6 is 11.8 Å². The molecular weight excluding hydrogens is 516 g/mol. The maximum atomic E-state index is 14.9. The number of aromatic nitrogens is 1. The van der Waals surface area contributed by atoms with Gasteiger partial charge in [0.25, 0.3) is 5.56 Å². The van der Waals surface area contributed by atoms with Crippen molar-refractivity contribution < 1.29 is 22.7 Å². The van der Waals surface area contributed by atoms with E-state index < -0.39 is 35.2 Å². The Kier molecular flexibility index (Phi) is 6.83. The first-order valence-electron chi connectivity index (χ1n) is 11.9. The first kappa shape index (κ1) is 26.1. The number of phenolic OH excluding ortho intramolecular Hbond substituents is 1. The largest absolute Gasteiger partial charge is 0.508 e. The standard InChI is InChI=1S/C29H24F4N2O2S/c1-16-20(14-21-22(29(31,32)33)11-6-12-23(21)30)28-35(27(37)25(16)18-9-5-10-19(36)13-18)24(15-38-28)26(34)17-7-3-2-4-8-17/h2-13,24,26,36H,14-15,34H2,1H3/t24-,26?/m1/s1. The van der Waals surface area contributed by atoms with Gasteiger partial charge in [-0.25, -0.2) is 4.39 Å². The predicted octanol–water partition coefficient (Wildman–Crippen LogP) is 6.62. The second-order valence-corrected chi connectivity index (χ2v) is 10.3. The normalized spacial score (nSPS) is 15.9. The van der Waals surface area contributed by atoms with Crippen molar-refractivity contribution in [2.75, 3.05) is 5.75 Å². The van der Waals surface area contributed by atoms with E-state index in [1.54, 1.807) is 19.1 Å². The number of thioether (sulfide) groups is 1. The molecule has 4 nitrogen and oxygen atoms in total. The SMILES string of the molecule is Cc1c(Cc2c(F)cccc2C(F)(F)F)c2n(c(=O)c1-c1cccc(O)c1)[C@@H](C(N)c1ccccc1)CS2. The third kappa shape index (κ3) is 4.61. The number of fused-ring (bicyclic) bond motifs is 1. The Hall–Kier alpha value is -3.56. The van der Waals surface area contributed by atoms with Crippen molar-refractivity contribution >= 4 is 11.8 Å². The highest BCUT2D eigenvalue weighted by molar-refractivity contribution is 7.99. The number of alkyl halides is 3. The first-order chi connectivity index (χ1) is 18.1. The molecule has 0 spiro atoms. The van der Waals surface area contributed by atoms with Gasteiger partial charge in [-0.3, -0.25) is 9.36 Å². The minimum atomic E-state index is -4.75. The average molecular weight is 541 g/mol. The molecule has 1 aromatic heterocycles. The van der Waals surface area contributed by atoms with Crippen molar-refractivity contribution in [2.24, 2.45) is 5.73 Å². The molecule has 0 aliphatic carbocycles. The second kappa shape index (κ2) is 9.96. The molecule has 2 atom stereocenters. The first-order valence-corrected chi connectivity index (χ1v) is 12.9. The number of nitrogens with zero attached hydrogens (tertiary/aromatic N) is 1. The number of rotatable bonds is 5. The lowest BCUT2D eigenvalue weighted by Crippen LogP contribution is -2.33. The molecule has 3 N–H and O–H groups in total. The smallest absolute Gasteiger partial charge is 0.416 e. The molecule has 0 radical (unpaired) electrons. The van der Waals surface area contributed by atoms with E-state index in [0.29, 0.717) is 27.5 Å². The van der Waals surface area contributed by atoms with Crippen molar-refractivity contribution in [3.05, 3.63) is 117 Å². The van der Waals surface area contributed by atoms with Crippen molar-refractivity contribution in [3.63, 3.8) is 0 Å². The molecule has 1 aliphatic rings.